The molecule has 2 heterocycles. The Balaban J connectivity index is 1.51. The van der Waals surface area contributed by atoms with Crippen LogP contribution in [0.25, 0.3) is 0 Å². The summed E-state index contributed by atoms with van der Waals surface area (Å²) in [4.78, 5) is 13.6. The fourth-order valence-corrected chi connectivity index (χ4v) is 4.41. The number of hydrogen-bond acceptors (Lipinski definition) is 5. The predicted molar refractivity (Wildman–Crippen MR) is 84.6 cm³/mol. The van der Waals surface area contributed by atoms with Crippen LogP contribution in [0.1, 0.15) is 6.42 Å². The van der Waals surface area contributed by atoms with Gasteiger partial charge in [0.25, 0.3) is 0 Å². The third-order valence-corrected chi connectivity index (χ3v) is 5.72. The number of urea groups is 1. The lowest BCUT2D eigenvalue weighted by Crippen LogP contribution is -2.48. The van der Waals surface area contributed by atoms with E-state index >= 15 is 0 Å². The van der Waals surface area contributed by atoms with Crippen molar-refractivity contribution in [2.45, 2.75) is 18.6 Å². The van der Waals surface area contributed by atoms with E-state index in [4.69, 9.17) is 9.47 Å². The van der Waals surface area contributed by atoms with Crippen LogP contribution in [-0.2, 0) is 9.84 Å². The summed E-state index contributed by atoms with van der Waals surface area (Å²) in [5, 5.41) is 2.75. The minimum Gasteiger partial charge on any atom is -0.486 e. The monoisotopic (exact) mass is 340 g/mol. The van der Waals surface area contributed by atoms with Gasteiger partial charge in [-0.05, 0) is 18.6 Å². The number of nitrogens with one attached hydrogen (secondary N) is 1. The zero-order chi connectivity index (χ0) is 16.4. The molecule has 2 aliphatic rings. The molecule has 126 valence electrons. The zero-order valence-electron chi connectivity index (χ0n) is 12.9. The second-order valence-corrected chi connectivity index (χ2v) is 8.16. The SMILES string of the molecule is CN(CC1COc2ccccc2O1)C(=O)NC1CCS(=O)(=O)C1. The Morgan fingerprint density at radius 1 is 1.35 bits per heavy atom. The van der Waals surface area contributed by atoms with Crippen LogP contribution in [0, 0.1) is 0 Å². The molecule has 2 amide bonds. The Kier molecular flexibility index (Phi) is 4.34. The lowest BCUT2D eigenvalue weighted by molar-refractivity contribution is 0.0713. The first-order chi connectivity index (χ1) is 10.9. The van der Waals surface area contributed by atoms with Crippen molar-refractivity contribution in [1.82, 2.24) is 10.2 Å². The topological polar surface area (TPSA) is 84.9 Å². The summed E-state index contributed by atoms with van der Waals surface area (Å²) < 4.78 is 34.3. The van der Waals surface area contributed by atoms with Gasteiger partial charge in [0.15, 0.2) is 27.4 Å². The first-order valence-corrected chi connectivity index (χ1v) is 9.35. The van der Waals surface area contributed by atoms with Gasteiger partial charge in [0.1, 0.15) is 6.61 Å². The minimum absolute atomic E-state index is 0.0169. The highest BCUT2D eigenvalue weighted by atomic mass is 32.2. The molecule has 0 bridgehead atoms. The van der Waals surface area contributed by atoms with Crippen LogP contribution < -0.4 is 14.8 Å². The summed E-state index contributed by atoms with van der Waals surface area (Å²) in [6, 6.07) is 6.79. The van der Waals surface area contributed by atoms with E-state index in [1.807, 2.05) is 24.3 Å². The van der Waals surface area contributed by atoms with Gasteiger partial charge < -0.3 is 19.7 Å². The molecule has 0 aromatic heterocycles. The number of carbonyl (C=O) groups excluding carboxylic acids is 1. The Morgan fingerprint density at radius 3 is 2.78 bits per heavy atom. The molecule has 1 saturated heterocycles. The first-order valence-electron chi connectivity index (χ1n) is 7.53. The molecule has 2 unspecified atom stereocenters. The van der Waals surface area contributed by atoms with Crippen molar-refractivity contribution in [3.8, 4) is 11.5 Å². The molecule has 0 radical (unpaired) electrons. The highest BCUT2D eigenvalue weighted by molar-refractivity contribution is 7.91. The van der Waals surface area contributed by atoms with Gasteiger partial charge in [0.2, 0.25) is 0 Å². The number of fused-ring (bicyclic) bond motifs is 1. The van der Waals surface area contributed by atoms with E-state index in [0.717, 1.165) is 0 Å². The quantitative estimate of drug-likeness (QED) is 0.873. The summed E-state index contributed by atoms with van der Waals surface area (Å²) in [6.45, 7) is 0.728. The molecule has 0 spiro atoms. The number of rotatable bonds is 3. The smallest absolute Gasteiger partial charge is 0.317 e. The number of nitrogens with zero attached hydrogens (tertiary/aromatic N) is 1. The van der Waals surface area contributed by atoms with Crippen molar-refractivity contribution in [1.29, 1.82) is 0 Å². The molecule has 0 saturated carbocycles. The summed E-state index contributed by atoms with van der Waals surface area (Å²) >= 11 is 0. The van der Waals surface area contributed by atoms with Crippen LogP contribution in [0.2, 0.25) is 0 Å². The van der Waals surface area contributed by atoms with Crippen LogP contribution in [0.4, 0.5) is 4.79 Å². The van der Waals surface area contributed by atoms with Crippen molar-refractivity contribution in [3.63, 3.8) is 0 Å². The molecule has 1 N–H and O–H groups in total. The number of benzene rings is 1. The van der Waals surface area contributed by atoms with Gasteiger partial charge in [-0.15, -0.1) is 0 Å². The fourth-order valence-electron chi connectivity index (χ4n) is 2.74. The minimum atomic E-state index is -3.01. The third-order valence-electron chi connectivity index (χ3n) is 3.95. The van der Waals surface area contributed by atoms with E-state index in [2.05, 4.69) is 5.32 Å². The van der Waals surface area contributed by atoms with Gasteiger partial charge in [-0.25, -0.2) is 13.2 Å². The van der Waals surface area contributed by atoms with Gasteiger partial charge in [-0.3, -0.25) is 0 Å². The summed E-state index contributed by atoms with van der Waals surface area (Å²) in [5.41, 5.74) is 0. The number of hydrogen-bond donors (Lipinski definition) is 1. The van der Waals surface area contributed by atoms with Gasteiger partial charge in [-0.2, -0.15) is 0 Å². The van der Waals surface area contributed by atoms with Gasteiger partial charge >= 0.3 is 6.03 Å². The van der Waals surface area contributed by atoms with Crippen LogP contribution in [0.3, 0.4) is 0 Å². The van der Waals surface area contributed by atoms with E-state index in [-0.39, 0.29) is 29.7 Å². The zero-order valence-corrected chi connectivity index (χ0v) is 13.7. The molecule has 1 fully saturated rings. The molecular formula is C15H20N2O5S. The molecule has 0 aliphatic carbocycles. The molecule has 1 aromatic carbocycles. The number of sulfone groups is 1. The van der Waals surface area contributed by atoms with Crippen molar-refractivity contribution in [2.75, 3.05) is 31.7 Å². The van der Waals surface area contributed by atoms with Gasteiger partial charge in [-0.1, -0.05) is 12.1 Å². The average Bonchev–Trinajstić information content (AvgIpc) is 2.86. The van der Waals surface area contributed by atoms with Gasteiger partial charge in [0.05, 0.1) is 18.1 Å². The van der Waals surface area contributed by atoms with Crippen LogP contribution in [0.15, 0.2) is 24.3 Å². The largest absolute Gasteiger partial charge is 0.486 e. The van der Waals surface area contributed by atoms with Crippen molar-refractivity contribution in [3.05, 3.63) is 24.3 Å². The van der Waals surface area contributed by atoms with Gasteiger partial charge in [0, 0.05) is 13.1 Å². The standard InChI is InChI=1S/C15H20N2O5S/c1-17(15(18)16-11-6-7-23(19,20)10-11)8-12-9-21-13-4-2-3-5-14(13)22-12/h2-5,11-12H,6-10H2,1H3,(H,16,18). The highest BCUT2D eigenvalue weighted by Crippen LogP contribution is 2.30. The van der Waals surface area contributed by atoms with Crippen molar-refractivity contribution in [2.24, 2.45) is 0 Å². The second kappa shape index (κ2) is 6.27. The number of amides is 2. The maximum absolute atomic E-state index is 12.2. The Labute approximate surface area is 135 Å². The fraction of sp³-hybridized carbons (Fsp3) is 0.533. The normalized spacial score (nSPS) is 24.9. The summed E-state index contributed by atoms with van der Waals surface area (Å²) in [6.07, 6.45) is 0.214. The maximum atomic E-state index is 12.2. The lowest BCUT2D eigenvalue weighted by atomic mass is 10.2. The second-order valence-electron chi connectivity index (χ2n) is 5.93. The highest BCUT2D eigenvalue weighted by Gasteiger charge is 2.30. The predicted octanol–water partition coefficient (Wildman–Crippen LogP) is 0.655. The number of para-hydroxylation sites is 2. The molecule has 7 nitrogen and oxygen atoms in total. The van der Waals surface area contributed by atoms with E-state index in [1.54, 1.807) is 7.05 Å². The third kappa shape index (κ3) is 3.87. The molecule has 3 rings (SSSR count). The van der Waals surface area contributed by atoms with Crippen molar-refractivity contribution >= 4 is 15.9 Å². The van der Waals surface area contributed by atoms with E-state index in [0.29, 0.717) is 31.1 Å². The number of likely N-dealkylation sites (N-methyl/N-ethyl adjacent to an activating group) is 1. The van der Waals surface area contributed by atoms with E-state index < -0.39 is 9.84 Å². The number of ether oxygens (including phenoxy) is 2. The summed E-state index contributed by atoms with van der Waals surface area (Å²) in [5.74, 6) is 1.52. The van der Waals surface area contributed by atoms with Crippen LogP contribution in [0.5, 0.6) is 11.5 Å². The van der Waals surface area contributed by atoms with E-state index in [9.17, 15) is 13.2 Å². The Bertz CT molecular complexity index is 691. The van der Waals surface area contributed by atoms with E-state index in [1.165, 1.54) is 4.90 Å². The van der Waals surface area contributed by atoms with Crippen LogP contribution in [-0.4, -0.2) is 63.2 Å². The lowest BCUT2D eigenvalue weighted by Gasteiger charge is -2.30. The van der Waals surface area contributed by atoms with Crippen LogP contribution >= 0.6 is 0 Å². The summed E-state index contributed by atoms with van der Waals surface area (Å²) in [7, 11) is -1.35. The Hall–Kier alpha value is -1.96. The number of carbonyl (C=O) groups is 1. The first kappa shape index (κ1) is 15.9. The molecular weight excluding hydrogens is 320 g/mol. The molecule has 23 heavy (non-hydrogen) atoms. The maximum Gasteiger partial charge on any atom is 0.317 e. The average molecular weight is 340 g/mol. The molecule has 2 atom stereocenters. The Morgan fingerprint density at radius 2 is 2.09 bits per heavy atom. The molecule has 1 aromatic rings. The molecule has 8 heteroatoms. The van der Waals surface area contributed by atoms with Crippen molar-refractivity contribution < 1.29 is 22.7 Å². The molecule has 2 aliphatic heterocycles.